The Hall–Kier alpha value is -3.92. The highest BCUT2D eigenvalue weighted by Gasteiger charge is 2.20. The number of nitrogens with one attached hydrogen (secondary N) is 1. The van der Waals surface area contributed by atoms with Crippen LogP contribution in [0.25, 0.3) is 11.7 Å². The number of nitrogens with zero attached hydrogens (tertiary/aromatic N) is 3. The monoisotopic (exact) mass is 442 g/mol. The van der Waals surface area contributed by atoms with E-state index in [4.69, 9.17) is 4.74 Å². The molecule has 0 saturated heterocycles. The maximum absolute atomic E-state index is 13.3. The number of rotatable bonds is 5. The molecule has 0 unspecified atom stereocenters. The molecule has 0 bridgehead atoms. The Balaban J connectivity index is 1.77. The minimum atomic E-state index is -0.487. The molecular weight excluding hydrogens is 416 g/mol. The standard InChI is InChI=1S/C26H26N4O3/c1-17-12-18(2)14-21(13-17)33-25-22(26(32)30-11-7-6-10-23(30)29-25)15-19(16-27)24(31)28-20-8-4-3-5-9-20/h6-7,10-15,20H,3-5,8-9H2,1-2H3,(H,28,31)/b19-15+. The number of aromatic nitrogens is 2. The van der Waals surface area contributed by atoms with Crippen LogP contribution in [-0.4, -0.2) is 21.3 Å². The SMILES string of the molecule is Cc1cc(C)cc(Oc2nc3ccccn3c(=O)c2/C=C(\C#N)C(=O)NC2CCCCC2)c1. The van der Waals surface area contributed by atoms with Gasteiger partial charge in [-0.1, -0.05) is 31.4 Å². The van der Waals surface area contributed by atoms with Crippen LogP contribution in [0.15, 0.2) is 53.0 Å². The first kappa shape index (κ1) is 22.3. The van der Waals surface area contributed by atoms with Crippen molar-refractivity contribution in [3.63, 3.8) is 0 Å². The third-order valence-corrected chi connectivity index (χ3v) is 5.74. The molecule has 1 fully saturated rings. The van der Waals surface area contributed by atoms with Crippen LogP contribution in [0, 0.1) is 25.2 Å². The number of carbonyl (C=O) groups is 1. The van der Waals surface area contributed by atoms with Gasteiger partial charge in [-0.2, -0.15) is 10.2 Å². The fourth-order valence-corrected chi connectivity index (χ4v) is 4.19. The van der Waals surface area contributed by atoms with E-state index in [0.29, 0.717) is 11.4 Å². The molecule has 1 aliphatic carbocycles. The van der Waals surface area contributed by atoms with Gasteiger partial charge in [0.1, 0.15) is 28.6 Å². The molecule has 0 spiro atoms. The van der Waals surface area contributed by atoms with Gasteiger partial charge in [0.25, 0.3) is 11.5 Å². The quantitative estimate of drug-likeness (QED) is 0.465. The number of ether oxygens (including phenoxy) is 1. The number of amides is 1. The summed E-state index contributed by atoms with van der Waals surface area (Å²) in [7, 11) is 0. The molecule has 4 rings (SSSR count). The Labute approximate surface area is 192 Å². The predicted octanol–water partition coefficient (Wildman–Crippen LogP) is 4.46. The van der Waals surface area contributed by atoms with Crippen molar-refractivity contribution in [2.75, 3.05) is 0 Å². The summed E-state index contributed by atoms with van der Waals surface area (Å²) in [6.45, 7) is 3.90. The van der Waals surface area contributed by atoms with Gasteiger partial charge in [-0.25, -0.2) is 0 Å². The number of hydrogen-bond acceptors (Lipinski definition) is 5. The Bertz CT molecular complexity index is 1310. The van der Waals surface area contributed by atoms with E-state index in [2.05, 4.69) is 10.3 Å². The smallest absolute Gasteiger partial charge is 0.269 e. The number of aryl methyl sites for hydroxylation is 2. The third kappa shape index (κ3) is 5.12. The minimum absolute atomic E-state index is 0.0461. The van der Waals surface area contributed by atoms with Crippen molar-refractivity contribution in [2.24, 2.45) is 0 Å². The zero-order chi connectivity index (χ0) is 23.4. The number of benzene rings is 1. The van der Waals surface area contributed by atoms with E-state index < -0.39 is 11.5 Å². The lowest BCUT2D eigenvalue weighted by Gasteiger charge is -2.22. The predicted molar refractivity (Wildman–Crippen MR) is 126 cm³/mol. The van der Waals surface area contributed by atoms with Crippen molar-refractivity contribution in [3.8, 4) is 17.7 Å². The number of hydrogen-bond donors (Lipinski definition) is 1. The first-order valence-corrected chi connectivity index (χ1v) is 11.1. The Morgan fingerprint density at radius 3 is 2.61 bits per heavy atom. The highest BCUT2D eigenvalue weighted by atomic mass is 16.5. The number of nitriles is 1. The molecule has 0 atom stereocenters. The molecule has 0 aliphatic heterocycles. The van der Waals surface area contributed by atoms with E-state index in [0.717, 1.165) is 43.2 Å². The summed E-state index contributed by atoms with van der Waals surface area (Å²) in [6, 6.07) is 12.9. The van der Waals surface area contributed by atoms with Crippen LogP contribution >= 0.6 is 0 Å². The Kier molecular flexibility index (Phi) is 6.55. The molecule has 1 saturated carbocycles. The maximum atomic E-state index is 13.3. The zero-order valence-electron chi connectivity index (χ0n) is 18.8. The van der Waals surface area contributed by atoms with E-state index in [1.165, 1.54) is 10.5 Å². The molecule has 7 nitrogen and oxygen atoms in total. The molecule has 1 amide bonds. The van der Waals surface area contributed by atoms with Gasteiger partial charge in [-0.05, 0) is 68.2 Å². The number of fused-ring (bicyclic) bond motifs is 1. The first-order chi connectivity index (χ1) is 15.9. The van der Waals surface area contributed by atoms with E-state index in [-0.39, 0.29) is 23.1 Å². The highest BCUT2D eigenvalue weighted by molar-refractivity contribution is 6.02. The van der Waals surface area contributed by atoms with Gasteiger partial charge in [-0.3, -0.25) is 14.0 Å². The number of pyridine rings is 1. The summed E-state index contributed by atoms with van der Waals surface area (Å²) in [5.41, 5.74) is 1.89. The van der Waals surface area contributed by atoms with Crippen LogP contribution in [0.2, 0.25) is 0 Å². The molecule has 0 radical (unpaired) electrons. The minimum Gasteiger partial charge on any atom is -0.438 e. The summed E-state index contributed by atoms with van der Waals surface area (Å²) in [4.78, 5) is 30.6. The molecule has 168 valence electrons. The lowest BCUT2D eigenvalue weighted by atomic mass is 9.95. The normalized spacial score (nSPS) is 14.6. The average Bonchev–Trinajstić information content (AvgIpc) is 2.79. The second-order valence-corrected chi connectivity index (χ2v) is 8.47. The van der Waals surface area contributed by atoms with E-state index in [1.807, 2.05) is 38.1 Å². The Morgan fingerprint density at radius 2 is 1.91 bits per heavy atom. The molecule has 2 heterocycles. The first-order valence-electron chi connectivity index (χ1n) is 11.1. The molecule has 1 aromatic carbocycles. The highest BCUT2D eigenvalue weighted by Crippen LogP contribution is 2.26. The molecule has 7 heteroatoms. The van der Waals surface area contributed by atoms with Gasteiger partial charge in [0, 0.05) is 12.2 Å². The fraction of sp³-hybridized carbons (Fsp3) is 0.308. The lowest BCUT2D eigenvalue weighted by molar-refractivity contribution is -0.117. The molecule has 1 aliphatic rings. The van der Waals surface area contributed by atoms with Crippen molar-refractivity contribution in [3.05, 3.63) is 75.2 Å². The van der Waals surface area contributed by atoms with Crippen molar-refractivity contribution < 1.29 is 9.53 Å². The van der Waals surface area contributed by atoms with Crippen LogP contribution < -0.4 is 15.6 Å². The second-order valence-electron chi connectivity index (χ2n) is 8.47. The van der Waals surface area contributed by atoms with Gasteiger partial charge in [-0.15, -0.1) is 0 Å². The van der Waals surface area contributed by atoms with Crippen LogP contribution in [0.4, 0.5) is 0 Å². The third-order valence-electron chi connectivity index (χ3n) is 5.74. The molecule has 33 heavy (non-hydrogen) atoms. The Morgan fingerprint density at radius 1 is 1.18 bits per heavy atom. The van der Waals surface area contributed by atoms with Gasteiger partial charge in [0.2, 0.25) is 5.88 Å². The van der Waals surface area contributed by atoms with Crippen molar-refractivity contribution in [1.82, 2.24) is 14.7 Å². The van der Waals surface area contributed by atoms with E-state index in [9.17, 15) is 14.9 Å². The summed E-state index contributed by atoms with van der Waals surface area (Å²) in [5, 5.41) is 12.6. The van der Waals surface area contributed by atoms with Gasteiger partial charge >= 0.3 is 0 Å². The molecule has 1 N–H and O–H groups in total. The van der Waals surface area contributed by atoms with Crippen molar-refractivity contribution >= 4 is 17.6 Å². The average molecular weight is 443 g/mol. The largest absolute Gasteiger partial charge is 0.438 e. The van der Waals surface area contributed by atoms with Gasteiger partial charge in [0.05, 0.1) is 0 Å². The summed E-state index contributed by atoms with van der Waals surface area (Å²) < 4.78 is 7.39. The van der Waals surface area contributed by atoms with Crippen molar-refractivity contribution in [1.29, 1.82) is 5.26 Å². The number of carbonyl (C=O) groups excluding carboxylic acids is 1. The van der Waals surface area contributed by atoms with Gasteiger partial charge < -0.3 is 10.1 Å². The summed E-state index contributed by atoms with van der Waals surface area (Å²) >= 11 is 0. The lowest BCUT2D eigenvalue weighted by Crippen LogP contribution is -2.36. The van der Waals surface area contributed by atoms with E-state index >= 15 is 0 Å². The molecule has 3 aromatic rings. The van der Waals surface area contributed by atoms with E-state index in [1.54, 1.807) is 24.4 Å². The van der Waals surface area contributed by atoms with Crippen LogP contribution in [0.1, 0.15) is 48.8 Å². The van der Waals surface area contributed by atoms with Crippen LogP contribution in [0.5, 0.6) is 11.6 Å². The second kappa shape index (κ2) is 9.70. The molecular formula is C26H26N4O3. The maximum Gasteiger partial charge on any atom is 0.269 e. The van der Waals surface area contributed by atoms with Crippen molar-refractivity contribution in [2.45, 2.75) is 52.0 Å². The summed E-state index contributed by atoms with van der Waals surface area (Å²) in [5.74, 6) is 0.0909. The zero-order valence-corrected chi connectivity index (χ0v) is 18.8. The van der Waals surface area contributed by atoms with Crippen LogP contribution in [-0.2, 0) is 4.79 Å². The fourth-order valence-electron chi connectivity index (χ4n) is 4.19. The molecule has 2 aromatic heterocycles. The van der Waals surface area contributed by atoms with Crippen LogP contribution in [0.3, 0.4) is 0 Å². The van der Waals surface area contributed by atoms with Gasteiger partial charge in [0.15, 0.2) is 0 Å². The summed E-state index contributed by atoms with van der Waals surface area (Å²) in [6.07, 6.45) is 7.94. The topological polar surface area (TPSA) is 96.5 Å².